The minimum absolute atomic E-state index is 0.797. The van der Waals surface area contributed by atoms with Crippen LogP contribution in [0.2, 0.25) is 5.02 Å². The van der Waals surface area contributed by atoms with Gasteiger partial charge in [-0.15, -0.1) is 0 Å². The van der Waals surface area contributed by atoms with Gasteiger partial charge >= 0.3 is 0 Å². The van der Waals surface area contributed by atoms with Crippen LogP contribution in [0.4, 0.5) is 5.69 Å². The number of methoxy groups -OCH3 is 1. The number of ether oxygens (including phenoxy) is 1. The van der Waals surface area contributed by atoms with E-state index >= 15 is 0 Å². The summed E-state index contributed by atoms with van der Waals surface area (Å²) >= 11 is 6.09. The van der Waals surface area contributed by atoms with Crippen LogP contribution in [-0.4, -0.2) is 20.2 Å². The topological polar surface area (TPSA) is 33.3 Å². The first-order valence-electron chi connectivity index (χ1n) is 7.03. The van der Waals surface area contributed by atoms with Crippen molar-refractivity contribution in [1.82, 2.24) is 5.32 Å². The van der Waals surface area contributed by atoms with E-state index < -0.39 is 0 Å². The van der Waals surface area contributed by atoms with Gasteiger partial charge in [-0.1, -0.05) is 29.8 Å². The Morgan fingerprint density at radius 1 is 1.05 bits per heavy atom. The van der Waals surface area contributed by atoms with Crippen LogP contribution in [0.1, 0.15) is 11.1 Å². The standard InChI is InChI=1S/C17H21ClN2O/c1-13-16(18)4-3-5-17(13)20-11-10-19-12-14-6-8-15(21-2)9-7-14/h3-9,19-20H,10-12H2,1-2H3. The van der Waals surface area contributed by atoms with Crippen LogP contribution in [0.3, 0.4) is 0 Å². The fraction of sp³-hybridized carbons (Fsp3) is 0.294. The lowest BCUT2D eigenvalue weighted by atomic mass is 10.2. The maximum absolute atomic E-state index is 6.09. The molecule has 0 aliphatic carbocycles. The number of nitrogens with one attached hydrogen (secondary N) is 2. The van der Waals surface area contributed by atoms with Crippen molar-refractivity contribution in [3.05, 3.63) is 58.6 Å². The Hall–Kier alpha value is -1.71. The van der Waals surface area contributed by atoms with E-state index in [-0.39, 0.29) is 0 Å². The highest BCUT2D eigenvalue weighted by molar-refractivity contribution is 6.31. The Kier molecular flexibility index (Phi) is 5.90. The first-order valence-corrected chi connectivity index (χ1v) is 7.41. The van der Waals surface area contributed by atoms with Gasteiger partial charge < -0.3 is 15.4 Å². The van der Waals surface area contributed by atoms with E-state index in [1.54, 1.807) is 7.11 Å². The van der Waals surface area contributed by atoms with Crippen molar-refractivity contribution >= 4 is 17.3 Å². The summed E-state index contributed by atoms with van der Waals surface area (Å²) in [6, 6.07) is 14.0. The number of rotatable bonds is 7. The highest BCUT2D eigenvalue weighted by Crippen LogP contribution is 2.22. The molecule has 0 aliphatic heterocycles. The minimum atomic E-state index is 0.797. The lowest BCUT2D eigenvalue weighted by Gasteiger charge is -2.11. The summed E-state index contributed by atoms with van der Waals surface area (Å²) in [6.45, 7) is 4.62. The number of anilines is 1. The van der Waals surface area contributed by atoms with Gasteiger partial charge in [0.25, 0.3) is 0 Å². The summed E-state index contributed by atoms with van der Waals surface area (Å²) in [7, 11) is 1.68. The highest BCUT2D eigenvalue weighted by atomic mass is 35.5. The van der Waals surface area contributed by atoms with Crippen molar-refractivity contribution in [2.24, 2.45) is 0 Å². The number of benzene rings is 2. The van der Waals surface area contributed by atoms with E-state index in [1.165, 1.54) is 5.56 Å². The molecule has 112 valence electrons. The molecule has 2 aromatic rings. The van der Waals surface area contributed by atoms with Crippen molar-refractivity contribution in [3.63, 3.8) is 0 Å². The molecule has 2 N–H and O–H groups in total. The summed E-state index contributed by atoms with van der Waals surface area (Å²) in [5.74, 6) is 0.886. The van der Waals surface area contributed by atoms with E-state index in [0.29, 0.717) is 0 Å². The fourth-order valence-corrected chi connectivity index (χ4v) is 2.24. The van der Waals surface area contributed by atoms with Gasteiger partial charge in [-0.25, -0.2) is 0 Å². The Labute approximate surface area is 131 Å². The van der Waals surface area contributed by atoms with E-state index in [9.17, 15) is 0 Å². The average Bonchev–Trinajstić information content (AvgIpc) is 2.51. The highest BCUT2D eigenvalue weighted by Gasteiger charge is 2.00. The second-order valence-electron chi connectivity index (χ2n) is 4.86. The Morgan fingerprint density at radius 3 is 2.52 bits per heavy atom. The van der Waals surface area contributed by atoms with Crippen molar-refractivity contribution in [2.75, 3.05) is 25.5 Å². The molecular formula is C17H21ClN2O. The smallest absolute Gasteiger partial charge is 0.118 e. The quantitative estimate of drug-likeness (QED) is 0.762. The summed E-state index contributed by atoms with van der Waals surface area (Å²) < 4.78 is 5.14. The number of halogens is 1. The molecule has 21 heavy (non-hydrogen) atoms. The molecular weight excluding hydrogens is 284 g/mol. The molecule has 0 fully saturated rings. The molecule has 2 rings (SSSR count). The lowest BCUT2D eigenvalue weighted by molar-refractivity contribution is 0.414. The molecule has 0 unspecified atom stereocenters. The third kappa shape index (κ3) is 4.66. The summed E-state index contributed by atoms with van der Waals surface area (Å²) in [5, 5.41) is 7.60. The van der Waals surface area contributed by atoms with Gasteiger partial charge in [0.1, 0.15) is 5.75 Å². The van der Waals surface area contributed by atoms with Gasteiger partial charge in [0, 0.05) is 30.3 Å². The van der Waals surface area contributed by atoms with Gasteiger partial charge in [-0.05, 0) is 42.3 Å². The van der Waals surface area contributed by atoms with Crippen LogP contribution in [0.15, 0.2) is 42.5 Å². The van der Waals surface area contributed by atoms with Crippen LogP contribution < -0.4 is 15.4 Å². The van der Waals surface area contributed by atoms with Crippen LogP contribution in [-0.2, 0) is 6.54 Å². The summed E-state index contributed by atoms with van der Waals surface area (Å²) in [4.78, 5) is 0. The first kappa shape index (κ1) is 15.7. The van der Waals surface area contributed by atoms with Crippen LogP contribution in [0, 0.1) is 6.92 Å². The monoisotopic (exact) mass is 304 g/mol. The average molecular weight is 305 g/mol. The molecule has 0 saturated heterocycles. The first-order chi connectivity index (χ1) is 10.2. The molecule has 2 aromatic carbocycles. The normalized spacial score (nSPS) is 10.4. The second kappa shape index (κ2) is 7.91. The Balaban J connectivity index is 1.71. The van der Waals surface area contributed by atoms with E-state index in [0.717, 1.165) is 41.7 Å². The number of hydrogen-bond donors (Lipinski definition) is 2. The zero-order chi connectivity index (χ0) is 15.1. The number of hydrogen-bond acceptors (Lipinski definition) is 3. The molecule has 0 spiro atoms. The van der Waals surface area contributed by atoms with Crippen molar-refractivity contribution < 1.29 is 4.74 Å². The SMILES string of the molecule is COc1ccc(CNCCNc2cccc(Cl)c2C)cc1. The predicted octanol–water partition coefficient (Wildman–Crippen LogP) is 3.86. The van der Waals surface area contributed by atoms with Crippen LogP contribution >= 0.6 is 11.6 Å². The zero-order valence-electron chi connectivity index (χ0n) is 12.4. The van der Waals surface area contributed by atoms with Gasteiger partial charge in [0.15, 0.2) is 0 Å². The Morgan fingerprint density at radius 2 is 1.81 bits per heavy atom. The third-order valence-corrected chi connectivity index (χ3v) is 3.78. The van der Waals surface area contributed by atoms with Gasteiger partial charge in [0.2, 0.25) is 0 Å². The zero-order valence-corrected chi connectivity index (χ0v) is 13.2. The maximum atomic E-state index is 6.09. The van der Waals surface area contributed by atoms with Crippen molar-refractivity contribution in [1.29, 1.82) is 0 Å². The van der Waals surface area contributed by atoms with E-state index in [1.807, 2.05) is 37.3 Å². The molecule has 0 bridgehead atoms. The third-order valence-electron chi connectivity index (χ3n) is 3.37. The molecule has 0 aromatic heterocycles. The molecule has 0 atom stereocenters. The van der Waals surface area contributed by atoms with Gasteiger partial charge in [-0.3, -0.25) is 0 Å². The predicted molar refractivity (Wildman–Crippen MR) is 89.4 cm³/mol. The summed E-state index contributed by atoms with van der Waals surface area (Å²) in [5.41, 5.74) is 3.43. The van der Waals surface area contributed by atoms with E-state index in [4.69, 9.17) is 16.3 Å². The van der Waals surface area contributed by atoms with Crippen molar-refractivity contribution in [2.45, 2.75) is 13.5 Å². The maximum Gasteiger partial charge on any atom is 0.118 e. The van der Waals surface area contributed by atoms with Gasteiger partial charge in [0.05, 0.1) is 7.11 Å². The molecule has 0 saturated carbocycles. The Bertz CT molecular complexity index is 570. The van der Waals surface area contributed by atoms with Crippen LogP contribution in [0.5, 0.6) is 5.75 Å². The molecule has 0 aliphatic rings. The van der Waals surface area contributed by atoms with Crippen molar-refractivity contribution in [3.8, 4) is 5.75 Å². The largest absolute Gasteiger partial charge is 0.497 e. The lowest BCUT2D eigenvalue weighted by Crippen LogP contribution is -2.22. The molecule has 3 nitrogen and oxygen atoms in total. The second-order valence-corrected chi connectivity index (χ2v) is 5.27. The minimum Gasteiger partial charge on any atom is -0.497 e. The van der Waals surface area contributed by atoms with Gasteiger partial charge in [-0.2, -0.15) is 0 Å². The molecule has 0 heterocycles. The molecule has 0 radical (unpaired) electrons. The molecule has 4 heteroatoms. The molecule has 0 amide bonds. The van der Waals surface area contributed by atoms with Crippen LogP contribution in [0.25, 0.3) is 0 Å². The summed E-state index contributed by atoms with van der Waals surface area (Å²) in [6.07, 6.45) is 0. The fourth-order valence-electron chi connectivity index (χ4n) is 2.06. The van der Waals surface area contributed by atoms with E-state index in [2.05, 4.69) is 22.8 Å².